The predicted octanol–water partition coefficient (Wildman–Crippen LogP) is 2.71. The Morgan fingerprint density at radius 1 is 1.39 bits per heavy atom. The first-order valence-electron chi connectivity index (χ1n) is 6.08. The van der Waals surface area contributed by atoms with Gasteiger partial charge in [0, 0.05) is 6.08 Å². The van der Waals surface area contributed by atoms with Gasteiger partial charge in [-0.15, -0.1) is 0 Å². The van der Waals surface area contributed by atoms with Gasteiger partial charge in [0.2, 0.25) is 0 Å². The van der Waals surface area contributed by atoms with Crippen LogP contribution in [0.25, 0.3) is 0 Å². The summed E-state index contributed by atoms with van der Waals surface area (Å²) in [6, 6.07) is 7.71. The number of hydrogen-bond donors (Lipinski definition) is 1. The average Bonchev–Trinajstić information content (AvgIpc) is 2.29. The topological polar surface area (TPSA) is 46.5 Å². The van der Waals surface area contributed by atoms with E-state index in [1.807, 2.05) is 31.2 Å². The van der Waals surface area contributed by atoms with Crippen LogP contribution < -0.4 is 0 Å². The van der Waals surface area contributed by atoms with Crippen LogP contribution >= 0.6 is 0 Å². The molecule has 1 N–H and O–H groups in total. The van der Waals surface area contributed by atoms with E-state index in [4.69, 9.17) is 4.74 Å². The van der Waals surface area contributed by atoms with Gasteiger partial charge in [-0.05, 0) is 32.8 Å². The van der Waals surface area contributed by atoms with Crippen molar-refractivity contribution in [3.05, 3.63) is 47.5 Å². The summed E-state index contributed by atoms with van der Waals surface area (Å²) in [6.45, 7) is 5.85. The maximum atomic E-state index is 11.1. The van der Waals surface area contributed by atoms with Gasteiger partial charge in [-0.3, -0.25) is 0 Å². The maximum absolute atomic E-state index is 11.1. The van der Waals surface area contributed by atoms with Gasteiger partial charge in [0.05, 0.1) is 12.2 Å². The van der Waals surface area contributed by atoms with Gasteiger partial charge in [-0.2, -0.15) is 0 Å². The van der Waals surface area contributed by atoms with Crippen molar-refractivity contribution in [3.8, 4) is 0 Å². The van der Waals surface area contributed by atoms with Crippen molar-refractivity contribution in [2.75, 3.05) is 6.61 Å². The Morgan fingerprint density at radius 3 is 2.56 bits per heavy atom. The number of benzene rings is 1. The lowest BCUT2D eigenvalue weighted by Gasteiger charge is -2.22. The molecule has 0 heterocycles. The van der Waals surface area contributed by atoms with Crippen LogP contribution in [-0.4, -0.2) is 17.7 Å². The molecule has 0 bridgehead atoms. The van der Waals surface area contributed by atoms with E-state index >= 15 is 0 Å². The summed E-state index contributed by atoms with van der Waals surface area (Å²) < 4.78 is 4.77. The molecule has 0 saturated carbocycles. The van der Waals surface area contributed by atoms with E-state index in [2.05, 4.69) is 0 Å². The van der Waals surface area contributed by atoms with Crippen LogP contribution in [0.4, 0.5) is 0 Å². The van der Waals surface area contributed by atoms with Gasteiger partial charge in [0.1, 0.15) is 0 Å². The summed E-state index contributed by atoms with van der Waals surface area (Å²) in [5.41, 5.74) is 1.01. The number of aliphatic hydroxyl groups is 1. The zero-order valence-electron chi connectivity index (χ0n) is 11.1. The molecule has 0 aliphatic heterocycles. The molecular formula is C15H20O3. The number of carbonyl (C=O) groups is 1. The molecule has 18 heavy (non-hydrogen) atoms. The van der Waals surface area contributed by atoms with E-state index < -0.39 is 5.60 Å². The summed E-state index contributed by atoms with van der Waals surface area (Å²) in [6.07, 6.45) is 3.36. The highest BCUT2D eigenvalue weighted by Gasteiger charge is 2.21. The van der Waals surface area contributed by atoms with Crippen LogP contribution in [0.1, 0.15) is 31.4 Å². The smallest absolute Gasteiger partial charge is 0.330 e. The summed E-state index contributed by atoms with van der Waals surface area (Å²) in [7, 11) is 0. The van der Waals surface area contributed by atoms with Gasteiger partial charge >= 0.3 is 5.97 Å². The molecule has 1 rings (SSSR count). The van der Waals surface area contributed by atoms with Gasteiger partial charge < -0.3 is 9.84 Å². The standard InChI is InChI=1S/C15H20O3/c1-4-18-14(16)6-5-11-15(3,17)13-9-7-12(2)8-10-13/h5-10,17H,4,11H2,1-3H3/b6-5-/t15-/m1/s1. The van der Waals surface area contributed by atoms with Crippen molar-refractivity contribution in [2.24, 2.45) is 0 Å². The first-order chi connectivity index (χ1) is 8.45. The lowest BCUT2D eigenvalue weighted by molar-refractivity contribution is -0.137. The van der Waals surface area contributed by atoms with Crippen molar-refractivity contribution in [1.82, 2.24) is 0 Å². The molecule has 0 spiro atoms. The maximum Gasteiger partial charge on any atom is 0.330 e. The summed E-state index contributed by atoms with van der Waals surface area (Å²) in [4.78, 5) is 11.1. The molecule has 0 aliphatic carbocycles. The van der Waals surface area contributed by atoms with Crippen molar-refractivity contribution >= 4 is 5.97 Å². The second-order valence-electron chi connectivity index (χ2n) is 4.50. The Balaban J connectivity index is 2.64. The quantitative estimate of drug-likeness (QED) is 0.643. The monoisotopic (exact) mass is 248 g/mol. The minimum atomic E-state index is -0.976. The molecule has 1 aromatic rings. The summed E-state index contributed by atoms with van der Waals surface area (Å²) in [5.74, 6) is -0.378. The minimum absolute atomic E-state index is 0.359. The summed E-state index contributed by atoms with van der Waals surface area (Å²) in [5, 5.41) is 10.3. The Hall–Kier alpha value is -1.61. The molecule has 0 fully saturated rings. The van der Waals surface area contributed by atoms with E-state index in [-0.39, 0.29) is 5.97 Å². The van der Waals surface area contributed by atoms with Crippen LogP contribution in [-0.2, 0) is 15.1 Å². The molecule has 0 aliphatic rings. The fourth-order valence-electron chi connectivity index (χ4n) is 1.61. The molecule has 0 amide bonds. The average molecular weight is 248 g/mol. The van der Waals surface area contributed by atoms with Gasteiger partial charge in [0.25, 0.3) is 0 Å². The Labute approximate surface area is 108 Å². The third kappa shape index (κ3) is 4.34. The van der Waals surface area contributed by atoms with Crippen LogP contribution in [0, 0.1) is 6.92 Å². The lowest BCUT2D eigenvalue weighted by atomic mass is 9.92. The number of ether oxygens (including phenoxy) is 1. The van der Waals surface area contributed by atoms with E-state index in [1.165, 1.54) is 6.08 Å². The highest BCUT2D eigenvalue weighted by molar-refractivity contribution is 5.81. The summed E-state index contributed by atoms with van der Waals surface area (Å²) >= 11 is 0. The fourth-order valence-corrected chi connectivity index (χ4v) is 1.61. The van der Waals surface area contributed by atoms with E-state index in [1.54, 1.807) is 19.9 Å². The predicted molar refractivity (Wildman–Crippen MR) is 71.1 cm³/mol. The molecule has 0 radical (unpaired) electrons. The van der Waals surface area contributed by atoms with E-state index in [0.29, 0.717) is 13.0 Å². The van der Waals surface area contributed by atoms with Crippen molar-refractivity contribution in [2.45, 2.75) is 32.8 Å². The highest BCUT2D eigenvalue weighted by Crippen LogP contribution is 2.25. The van der Waals surface area contributed by atoms with E-state index in [9.17, 15) is 9.90 Å². The zero-order chi connectivity index (χ0) is 13.6. The van der Waals surface area contributed by atoms with Gasteiger partial charge in [-0.1, -0.05) is 35.9 Å². The Bertz CT molecular complexity index is 416. The molecule has 98 valence electrons. The van der Waals surface area contributed by atoms with Crippen molar-refractivity contribution in [3.63, 3.8) is 0 Å². The molecule has 0 saturated heterocycles. The number of carbonyl (C=O) groups excluding carboxylic acids is 1. The second-order valence-corrected chi connectivity index (χ2v) is 4.50. The third-order valence-electron chi connectivity index (χ3n) is 2.73. The molecule has 1 aromatic carbocycles. The first kappa shape index (κ1) is 14.5. The first-order valence-corrected chi connectivity index (χ1v) is 6.08. The molecular weight excluding hydrogens is 228 g/mol. The van der Waals surface area contributed by atoms with Crippen molar-refractivity contribution < 1.29 is 14.6 Å². The minimum Gasteiger partial charge on any atom is -0.463 e. The Kier molecular flexibility index (Phi) is 5.10. The lowest BCUT2D eigenvalue weighted by Crippen LogP contribution is -2.20. The molecule has 0 unspecified atom stereocenters. The Morgan fingerprint density at radius 2 is 2.00 bits per heavy atom. The van der Waals surface area contributed by atoms with E-state index in [0.717, 1.165) is 11.1 Å². The van der Waals surface area contributed by atoms with Crippen LogP contribution in [0.15, 0.2) is 36.4 Å². The third-order valence-corrected chi connectivity index (χ3v) is 2.73. The highest BCUT2D eigenvalue weighted by atomic mass is 16.5. The molecule has 1 atom stereocenters. The molecule has 0 aromatic heterocycles. The van der Waals surface area contributed by atoms with Gasteiger partial charge in [-0.25, -0.2) is 4.79 Å². The SMILES string of the molecule is CCOC(=O)/C=C\C[C@@](C)(O)c1ccc(C)cc1. The second kappa shape index (κ2) is 6.36. The number of esters is 1. The van der Waals surface area contributed by atoms with Crippen molar-refractivity contribution in [1.29, 1.82) is 0 Å². The van der Waals surface area contributed by atoms with Gasteiger partial charge in [0.15, 0.2) is 0 Å². The van der Waals surface area contributed by atoms with Crippen LogP contribution in [0.3, 0.4) is 0 Å². The largest absolute Gasteiger partial charge is 0.463 e. The zero-order valence-corrected chi connectivity index (χ0v) is 11.1. The van der Waals surface area contributed by atoms with Crippen LogP contribution in [0.2, 0.25) is 0 Å². The number of rotatable bonds is 5. The fraction of sp³-hybridized carbons (Fsp3) is 0.400. The molecule has 3 heteroatoms. The normalized spacial score (nSPS) is 14.4. The van der Waals surface area contributed by atoms with Crippen LogP contribution in [0.5, 0.6) is 0 Å². The number of aryl methyl sites for hydroxylation is 1. The molecule has 3 nitrogen and oxygen atoms in total. The number of hydrogen-bond acceptors (Lipinski definition) is 3.